The molecule has 0 fully saturated rings. The molecule has 3 aromatic rings. The van der Waals surface area contributed by atoms with E-state index in [0.717, 1.165) is 16.8 Å². The maximum absolute atomic E-state index is 12.3. The van der Waals surface area contributed by atoms with Gasteiger partial charge in [-0.25, -0.2) is 0 Å². The van der Waals surface area contributed by atoms with Crippen LogP contribution in [0, 0.1) is 0 Å². The monoisotopic (exact) mass is 322 g/mol. The van der Waals surface area contributed by atoms with Crippen molar-refractivity contribution >= 4 is 5.91 Å². The number of nitrogens with zero attached hydrogens (tertiary/aromatic N) is 3. The van der Waals surface area contributed by atoms with Gasteiger partial charge in [-0.2, -0.15) is 5.10 Å². The number of methoxy groups -OCH3 is 1. The molecule has 2 aromatic heterocycles. The first kappa shape index (κ1) is 15.7. The van der Waals surface area contributed by atoms with Crippen molar-refractivity contribution in [3.63, 3.8) is 0 Å². The first-order valence-corrected chi connectivity index (χ1v) is 7.52. The first-order chi connectivity index (χ1) is 11.7. The van der Waals surface area contributed by atoms with E-state index >= 15 is 0 Å². The van der Waals surface area contributed by atoms with Gasteiger partial charge in [0.25, 0.3) is 5.91 Å². The van der Waals surface area contributed by atoms with Crippen LogP contribution in [0.2, 0.25) is 0 Å². The summed E-state index contributed by atoms with van der Waals surface area (Å²) in [6, 6.07) is 11.0. The second-order valence-corrected chi connectivity index (χ2v) is 5.34. The third kappa shape index (κ3) is 3.43. The zero-order valence-electron chi connectivity index (χ0n) is 13.6. The Balaban J connectivity index is 1.65. The van der Waals surface area contributed by atoms with Crippen LogP contribution in [0.3, 0.4) is 0 Å². The van der Waals surface area contributed by atoms with Gasteiger partial charge in [0.1, 0.15) is 5.75 Å². The van der Waals surface area contributed by atoms with E-state index in [0.29, 0.717) is 17.9 Å². The first-order valence-electron chi connectivity index (χ1n) is 7.52. The summed E-state index contributed by atoms with van der Waals surface area (Å²) in [5.74, 6) is 0.379. The average Bonchev–Trinajstić information content (AvgIpc) is 3.06. The van der Waals surface area contributed by atoms with Gasteiger partial charge < -0.3 is 10.1 Å². The summed E-state index contributed by atoms with van der Waals surface area (Å²) in [4.78, 5) is 16.7. The Kier molecular flexibility index (Phi) is 4.56. The van der Waals surface area contributed by atoms with Gasteiger partial charge in [-0.1, -0.05) is 18.2 Å². The third-order valence-electron chi connectivity index (χ3n) is 3.63. The van der Waals surface area contributed by atoms with E-state index in [-0.39, 0.29) is 5.91 Å². The van der Waals surface area contributed by atoms with Crippen molar-refractivity contribution in [2.24, 2.45) is 7.05 Å². The lowest BCUT2D eigenvalue weighted by molar-refractivity contribution is 0.0948. The fourth-order valence-corrected chi connectivity index (χ4v) is 2.36. The number of amides is 1. The molecular formula is C18H18N4O2. The fraction of sp³-hybridized carbons (Fsp3) is 0.167. The summed E-state index contributed by atoms with van der Waals surface area (Å²) < 4.78 is 6.94. The van der Waals surface area contributed by atoms with Gasteiger partial charge in [0.2, 0.25) is 0 Å². The predicted molar refractivity (Wildman–Crippen MR) is 90.6 cm³/mol. The summed E-state index contributed by atoms with van der Waals surface area (Å²) in [6.07, 6.45) is 5.43. The number of benzene rings is 1. The van der Waals surface area contributed by atoms with Crippen molar-refractivity contribution in [3.8, 4) is 17.0 Å². The molecule has 3 rings (SSSR count). The molecule has 0 bridgehead atoms. The molecule has 6 heteroatoms. The number of aryl methyl sites for hydroxylation is 1. The van der Waals surface area contributed by atoms with Gasteiger partial charge in [0.05, 0.1) is 24.6 Å². The smallest absolute Gasteiger partial charge is 0.255 e. The molecule has 0 atom stereocenters. The van der Waals surface area contributed by atoms with Crippen molar-refractivity contribution in [3.05, 3.63) is 66.1 Å². The van der Waals surface area contributed by atoms with E-state index in [2.05, 4.69) is 15.4 Å². The van der Waals surface area contributed by atoms with E-state index < -0.39 is 0 Å². The SMILES string of the molecule is COc1ccccc1C(=O)NCc1ccc(-c2cnn(C)c2)nc1. The second kappa shape index (κ2) is 6.95. The van der Waals surface area contributed by atoms with Crippen LogP contribution in [0.1, 0.15) is 15.9 Å². The molecule has 1 aromatic carbocycles. The molecule has 0 saturated carbocycles. The van der Waals surface area contributed by atoms with Gasteiger partial charge in [-0.15, -0.1) is 0 Å². The van der Waals surface area contributed by atoms with Crippen LogP contribution in [0.15, 0.2) is 55.0 Å². The van der Waals surface area contributed by atoms with Crippen LogP contribution in [-0.2, 0) is 13.6 Å². The Morgan fingerprint density at radius 1 is 1.21 bits per heavy atom. The minimum absolute atomic E-state index is 0.177. The number of rotatable bonds is 5. The average molecular weight is 322 g/mol. The molecule has 122 valence electrons. The Morgan fingerprint density at radius 2 is 2.04 bits per heavy atom. The summed E-state index contributed by atoms with van der Waals surface area (Å²) in [5.41, 5.74) is 3.25. The lowest BCUT2D eigenvalue weighted by Crippen LogP contribution is -2.23. The highest BCUT2D eigenvalue weighted by atomic mass is 16.5. The number of para-hydroxylation sites is 1. The van der Waals surface area contributed by atoms with Crippen molar-refractivity contribution in [2.75, 3.05) is 7.11 Å². The van der Waals surface area contributed by atoms with Crippen LogP contribution >= 0.6 is 0 Å². The molecule has 0 saturated heterocycles. The van der Waals surface area contributed by atoms with Gasteiger partial charge in [0, 0.05) is 31.5 Å². The Morgan fingerprint density at radius 3 is 2.71 bits per heavy atom. The van der Waals surface area contributed by atoms with Gasteiger partial charge in [-0.05, 0) is 23.8 Å². The van der Waals surface area contributed by atoms with Crippen molar-refractivity contribution in [1.29, 1.82) is 0 Å². The predicted octanol–water partition coefficient (Wildman–Crippen LogP) is 2.42. The Hall–Kier alpha value is -3.15. The highest BCUT2D eigenvalue weighted by Crippen LogP contribution is 2.18. The molecule has 24 heavy (non-hydrogen) atoms. The van der Waals surface area contributed by atoms with Gasteiger partial charge in [0.15, 0.2) is 0 Å². The number of pyridine rings is 1. The third-order valence-corrected chi connectivity index (χ3v) is 3.63. The lowest BCUT2D eigenvalue weighted by atomic mass is 10.1. The largest absolute Gasteiger partial charge is 0.496 e. The van der Waals surface area contributed by atoms with Gasteiger partial charge in [-0.3, -0.25) is 14.5 Å². The summed E-state index contributed by atoms with van der Waals surface area (Å²) >= 11 is 0. The van der Waals surface area contributed by atoms with Crippen molar-refractivity contribution in [2.45, 2.75) is 6.54 Å². The standard InChI is InChI=1S/C18H18N4O2/c1-22-12-14(11-21-22)16-8-7-13(9-19-16)10-20-18(23)15-5-3-4-6-17(15)24-2/h3-9,11-12H,10H2,1-2H3,(H,20,23). The fourth-order valence-electron chi connectivity index (χ4n) is 2.36. The van der Waals surface area contributed by atoms with Crippen LogP contribution in [0.5, 0.6) is 5.75 Å². The maximum Gasteiger partial charge on any atom is 0.255 e. The second-order valence-electron chi connectivity index (χ2n) is 5.34. The number of ether oxygens (including phenoxy) is 1. The minimum atomic E-state index is -0.177. The minimum Gasteiger partial charge on any atom is -0.496 e. The molecule has 0 aliphatic heterocycles. The molecule has 1 amide bonds. The normalized spacial score (nSPS) is 10.4. The number of hydrogen-bond donors (Lipinski definition) is 1. The number of carbonyl (C=O) groups is 1. The molecule has 0 unspecified atom stereocenters. The molecule has 2 heterocycles. The molecule has 0 spiro atoms. The summed E-state index contributed by atoms with van der Waals surface area (Å²) in [6.45, 7) is 0.400. The molecule has 0 aliphatic carbocycles. The summed E-state index contributed by atoms with van der Waals surface area (Å²) in [5, 5.41) is 7.01. The number of carbonyl (C=O) groups excluding carboxylic acids is 1. The van der Waals surface area contributed by atoms with Gasteiger partial charge >= 0.3 is 0 Å². The van der Waals surface area contributed by atoms with E-state index in [1.54, 1.807) is 36.3 Å². The zero-order valence-corrected chi connectivity index (χ0v) is 13.6. The highest BCUT2D eigenvalue weighted by molar-refractivity contribution is 5.96. The van der Waals surface area contributed by atoms with Crippen molar-refractivity contribution in [1.82, 2.24) is 20.1 Å². The van der Waals surface area contributed by atoms with Crippen LogP contribution in [-0.4, -0.2) is 27.8 Å². The number of aromatic nitrogens is 3. The van der Waals surface area contributed by atoms with Crippen molar-refractivity contribution < 1.29 is 9.53 Å². The number of nitrogens with one attached hydrogen (secondary N) is 1. The van der Waals surface area contributed by atoms with Crippen LogP contribution < -0.4 is 10.1 Å². The molecule has 6 nitrogen and oxygen atoms in total. The van der Waals surface area contributed by atoms with E-state index in [9.17, 15) is 4.79 Å². The maximum atomic E-state index is 12.3. The summed E-state index contributed by atoms with van der Waals surface area (Å²) in [7, 11) is 3.42. The molecule has 1 N–H and O–H groups in total. The van der Waals surface area contributed by atoms with E-state index in [1.165, 1.54) is 0 Å². The molecule has 0 aliphatic rings. The topological polar surface area (TPSA) is 69.0 Å². The van der Waals surface area contributed by atoms with E-state index in [1.807, 2.05) is 37.5 Å². The Bertz CT molecular complexity index is 840. The number of hydrogen-bond acceptors (Lipinski definition) is 4. The Labute approximate surface area is 140 Å². The lowest BCUT2D eigenvalue weighted by Gasteiger charge is -2.09. The van der Waals surface area contributed by atoms with Crippen LogP contribution in [0.25, 0.3) is 11.3 Å². The highest BCUT2D eigenvalue weighted by Gasteiger charge is 2.11. The molecule has 0 radical (unpaired) electrons. The van der Waals surface area contributed by atoms with E-state index in [4.69, 9.17) is 4.74 Å². The quantitative estimate of drug-likeness (QED) is 0.783. The zero-order chi connectivity index (χ0) is 16.9. The molecular weight excluding hydrogens is 304 g/mol. The van der Waals surface area contributed by atoms with Crippen LogP contribution in [0.4, 0.5) is 0 Å².